The molecule has 2 fully saturated rings. The third kappa shape index (κ3) is 2.85. The minimum absolute atomic E-state index is 0.0484. The standard InChI is InChI=1S/C19H28N2O2/c1-18(2,3)19-10-9-16(21(19)17(22)23)11-15(12-19)20-13-14-7-5-4-6-8-14/h4-8,15-16,20H,9-13H2,1-3H3,(H,22,23). The summed E-state index contributed by atoms with van der Waals surface area (Å²) in [6, 6.07) is 11.0. The molecule has 2 bridgehead atoms. The van der Waals surface area contributed by atoms with Gasteiger partial charge in [0, 0.05) is 18.6 Å². The van der Waals surface area contributed by atoms with E-state index in [0.717, 1.165) is 32.2 Å². The summed E-state index contributed by atoms with van der Waals surface area (Å²) in [5.74, 6) is 0. The maximum Gasteiger partial charge on any atom is 0.408 e. The smallest absolute Gasteiger partial charge is 0.408 e. The fourth-order valence-corrected chi connectivity index (χ4v) is 4.64. The topological polar surface area (TPSA) is 52.6 Å². The lowest BCUT2D eigenvalue weighted by Crippen LogP contribution is -2.63. The Morgan fingerprint density at radius 2 is 2.04 bits per heavy atom. The van der Waals surface area contributed by atoms with E-state index in [1.165, 1.54) is 5.56 Å². The summed E-state index contributed by atoms with van der Waals surface area (Å²) in [5, 5.41) is 13.4. The molecule has 1 aromatic rings. The van der Waals surface area contributed by atoms with Crippen LogP contribution in [0.5, 0.6) is 0 Å². The molecule has 2 aliphatic heterocycles. The van der Waals surface area contributed by atoms with Crippen molar-refractivity contribution in [1.29, 1.82) is 0 Å². The highest BCUT2D eigenvalue weighted by atomic mass is 16.4. The fourth-order valence-electron chi connectivity index (χ4n) is 4.64. The number of hydrogen-bond donors (Lipinski definition) is 2. The van der Waals surface area contributed by atoms with Crippen LogP contribution in [0, 0.1) is 5.41 Å². The van der Waals surface area contributed by atoms with E-state index in [0.29, 0.717) is 6.04 Å². The van der Waals surface area contributed by atoms with Crippen molar-refractivity contribution in [2.75, 3.05) is 0 Å². The van der Waals surface area contributed by atoms with Crippen molar-refractivity contribution < 1.29 is 9.90 Å². The van der Waals surface area contributed by atoms with E-state index in [2.05, 4.69) is 50.4 Å². The molecule has 2 heterocycles. The van der Waals surface area contributed by atoms with Gasteiger partial charge in [0.2, 0.25) is 0 Å². The van der Waals surface area contributed by atoms with E-state index in [9.17, 15) is 9.90 Å². The van der Waals surface area contributed by atoms with Gasteiger partial charge in [-0.2, -0.15) is 0 Å². The fraction of sp³-hybridized carbons (Fsp3) is 0.632. The molecule has 3 rings (SSSR count). The van der Waals surface area contributed by atoms with Gasteiger partial charge in [-0.15, -0.1) is 0 Å². The van der Waals surface area contributed by atoms with Crippen LogP contribution in [-0.2, 0) is 6.54 Å². The van der Waals surface area contributed by atoms with Crippen molar-refractivity contribution >= 4 is 6.09 Å². The van der Waals surface area contributed by atoms with E-state index in [-0.39, 0.29) is 17.0 Å². The van der Waals surface area contributed by atoms with Gasteiger partial charge >= 0.3 is 6.09 Å². The zero-order valence-corrected chi connectivity index (χ0v) is 14.4. The largest absolute Gasteiger partial charge is 0.465 e. The van der Waals surface area contributed by atoms with Gasteiger partial charge in [0.15, 0.2) is 0 Å². The lowest BCUT2D eigenvalue weighted by molar-refractivity contribution is -0.0246. The zero-order valence-electron chi connectivity index (χ0n) is 14.4. The highest BCUT2D eigenvalue weighted by Gasteiger charge is 2.59. The molecule has 126 valence electrons. The van der Waals surface area contributed by atoms with Crippen molar-refractivity contribution in [2.24, 2.45) is 5.41 Å². The van der Waals surface area contributed by atoms with Crippen LogP contribution >= 0.6 is 0 Å². The predicted octanol–water partition coefficient (Wildman–Crippen LogP) is 3.87. The van der Waals surface area contributed by atoms with Gasteiger partial charge in [0.05, 0.1) is 5.54 Å². The molecular weight excluding hydrogens is 288 g/mol. The molecule has 3 unspecified atom stereocenters. The summed E-state index contributed by atoms with van der Waals surface area (Å²) < 4.78 is 0. The SMILES string of the molecule is CC(C)(C)C12CCC(CC(NCc3ccccc3)C1)N2C(=O)O. The number of amides is 1. The van der Waals surface area contributed by atoms with Gasteiger partial charge in [-0.1, -0.05) is 51.1 Å². The minimum atomic E-state index is -0.746. The molecule has 0 radical (unpaired) electrons. The van der Waals surface area contributed by atoms with Crippen LogP contribution in [-0.4, -0.2) is 33.7 Å². The van der Waals surface area contributed by atoms with E-state index in [4.69, 9.17) is 0 Å². The van der Waals surface area contributed by atoms with E-state index in [1.807, 2.05) is 6.07 Å². The zero-order chi connectivity index (χ0) is 16.7. The lowest BCUT2D eigenvalue weighted by atomic mass is 9.67. The molecule has 0 saturated carbocycles. The molecule has 2 saturated heterocycles. The predicted molar refractivity (Wildman–Crippen MR) is 91.4 cm³/mol. The monoisotopic (exact) mass is 316 g/mol. The Balaban J connectivity index is 1.76. The second-order valence-corrected chi connectivity index (χ2v) is 8.13. The van der Waals surface area contributed by atoms with Crippen molar-refractivity contribution in [2.45, 2.75) is 70.6 Å². The van der Waals surface area contributed by atoms with Crippen molar-refractivity contribution in [3.05, 3.63) is 35.9 Å². The highest BCUT2D eigenvalue weighted by molar-refractivity contribution is 5.68. The quantitative estimate of drug-likeness (QED) is 0.890. The third-order valence-corrected chi connectivity index (χ3v) is 5.90. The lowest BCUT2D eigenvalue weighted by Gasteiger charge is -2.53. The number of nitrogens with one attached hydrogen (secondary N) is 1. The minimum Gasteiger partial charge on any atom is -0.465 e. The molecule has 3 atom stereocenters. The Bertz CT molecular complexity index is 566. The molecule has 0 aliphatic carbocycles. The Labute approximate surface area is 138 Å². The Morgan fingerprint density at radius 3 is 2.65 bits per heavy atom. The van der Waals surface area contributed by atoms with Crippen LogP contribution in [0.2, 0.25) is 0 Å². The average molecular weight is 316 g/mol. The van der Waals surface area contributed by atoms with Crippen molar-refractivity contribution in [1.82, 2.24) is 10.2 Å². The molecule has 0 spiro atoms. The average Bonchev–Trinajstić information content (AvgIpc) is 2.75. The number of fused-ring (bicyclic) bond motifs is 2. The van der Waals surface area contributed by atoms with Gasteiger partial charge in [-0.05, 0) is 36.7 Å². The first-order chi connectivity index (χ1) is 10.8. The number of benzene rings is 1. The van der Waals surface area contributed by atoms with Crippen molar-refractivity contribution in [3.8, 4) is 0 Å². The summed E-state index contributed by atoms with van der Waals surface area (Å²) in [4.78, 5) is 13.6. The summed E-state index contributed by atoms with van der Waals surface area (Å²) in [6.07, 6.45) is 3.07. The number of hydrogen-bond acceptors (Lipinski definition) is 2. The van der Waals surface area contributed by atoms with Gasteiger partial charge in [0.1, 0.15) is 0 Å². The Morgan fingerprint density at radius 1 is 1.35 bits per heavy atom. The number of piperidine rings is 1. The molecule has 2 aliphatic rings. The number of carboxylic acid groups (broad SMARTS) is 1. The molecule has 4 nitrogen and oxygen atoms in total. The van der Waals surface area contributed by atoms with Crippen LogP contribution in [0.1, 0.15) is 52.0 Å². The molecule has 23 heavy (non-hydrogen) atoms. The second-order valence-electron chi connectivity index (χ2n) is 8.13. The van der Waals surface area contributed by atoms with Gasteiger partial charge < -0.3 is 10.4 Å². The van der Waals surface area contributed by atoms with Gasteiger partial charge in [-0.25, -0.2) is 4.79 Å². The molecular formula is C19H28N2O2. The molecule has 2 N–H and O–H groups in total. The molecule has 4 heteroatoms. The van der Waals surface area contributed by atoms with Gasteiger partial charge in [0.25, 0.3) is 0 Å². The number of nitrogens with zero attached hydrogens (tertiary/aromatic N) is 1. The third-order valence-electron chi connectivity index (χ3n) is 5.90. The first-order valence-electron chi connectivity index (χ1n) is 8.63. The summed E-state index contributed by atoms with van der Waals surface area (Å²) in [7, 11) is 0. The molecule has 1 aromatic carbocycles. The van der Waals surface area contributed by atoms with Crippen LogP contribution in [0.25, 0.3) is 0 Å². The highest BCUT2D eigenvalue weighted by Crippen LogP contribution is 2.53. The van der Waals surface area contributed by atoms with Crippen LogP contribution in [0.15, 0.2) is 30.3 Å². The van der Waals surface area contributed by atoms with E-state index >= 15 is 0 Å². The van der Waals surface area contributed by atoms with Crippen LogP contribution < -0.4 is 5.32 Å². The molecule has 1 amide bonds. The van der Waals surface area contributed by atoms with Crippen LogP contribution in [0.4, 0.5) is 4.79 Å². The van der Waals surface area contributed by atoms with E-state index < -0.39 is 6.09 Å². The second kappa shape index (κ2) is 5.82. The Kier molecular flexibility index (Phi) is 4.13. The summed E-state index contributed by atoms with van der Waals surface area (Å²) in [6.45, 7) is 7.41. The van der Waals surface area contributed by atoms with Crippen molar-refractivity contribution in [3.63, 3.8) is 0 Å². The maximum absolute atomic E-state index is 11.9. The summed E-state index contributed by atoms with van der Waals surface area (Å²) in [5.41, 5.74) is 0.994. The first-order valence-corrected chi connectivity index (χ1v) is 8.63. The number of rotatable bonds is 3. The maximum atomic E-state index is 11.9. The Hall–Kier alpha value is -1.55. The normalized spacial score (nSPS) is 30.5. The molecule has 0 aromatic heterocycles. The van der Waals surface area contributed by atoms with E-state index in [1.54, 1.807) is 4.90 Å². The van der Waals surface area contributed by atoms with Crippen LogP contribution in [0.3, 0.4) is 0 Å². The van der Waals surface area contributed by atoms with Gasteiger partial charge in [-0.3, -0.25) is 4.90 Å². The number of carbonyl (C=O) groups is 1. The summed E-state index contributed by atoms with van der Waals surface area (Å²) >= 11 is 0. The first kappa shape index (κ1) is 16.3.